The number of carbonyl (C=O) groups excluding carboxylic acids is 2. The van der Waals surface area contributed by atoms with Crippen molar-refractivity contribution < 1.29 is 24.2 Å². The molecule has 134 valence electrons. The summed E-state index contributed by atoms with van der Waals surface area (Å²) in [6, 6.07) is 10.2. The number of aryl methyl sites for hydroxylation is 1. The number of Topliss-reactive ketones (excluding diaryl/α,β-unsaturated/α-hetero) is 1. The van der Waals surface area contributed by atoms with E-state index < -0.39 is 18.7 Å². The van der Waals surface area contributed by atoms with Crippen LogP contribution in [0, 0.1) is 13.8 Å². The number of hydrogen-bond acceptors (Lipinski definition) is 5. The second-order valence-corrected chi connectivity index (χ2v) is 5.77. The summed E-state index contributed by atoms with van der Waals surface area (Å²) in [6.07, 6.45) is -1.40. The molecular weight excluding hydrogens is 322 g/mol. The summed E-state index contributed by atoms with van der Waals surface area (Å²) in [5.41, 5.74) is 2.68. The van der Waals surface area contributed by atoms with E-state index in [0.29, 0.717) is 24.3 Å². The van der Waals surface area contributed by atoms with Crippen LogP contribution in [0.15, 0.2) is 36.4 Å². The Morgan fingerprint density at radius 2 is 1.88 bits per heavy atom. The highest BCUT2D eigenvalue weighted by Crippen LogP contribution is 2.17. The number of carbonyl (C=O) groups is 2. The molecule has 0 radical (unpaired) electrons. The first-order chi connectivity index (χ1) is 12.0. The summed E-state index contributed by atoms with van der Waals surface area (Å²) in [5.74, 6) is -1.14. The van der Waals surface area contributed by atoms with Gasteiger partial charge in [0.2, 0.25) is 5.78 Å². The Morgan fingerprint density at radius 3 is 2.52 bits per heavy atom. The van der Waals surface area contributed by atoms with E-state index in [1.807, 2.05) is 18.4 Å². The number of aliphatic hydroxyl groups excluding tert-OH is 1. The average Bonchev–Trinajstić information content (AvgIpc) is 2.91. The van der Waals surface area contributed by atoms with Crippen molar-refractivity contribution in [2.45, 2.75) is 26.5 Å². The Bertz CT molecular complexity index is 736. The van der Waals surface area contributed by atoms with Crippen LogP contribution in [-0.2, 0) is 20.8 Å². The largest absolute Gasteiger partial charge is 0.455 e. The van der Waals surface area contributed by atoms with Crippen molar-refractivity contribution in [1.29, 1.82) is 0 Å². The zero-order chi connectivity index (χ0) is 18.4. The van der Waals surface area contributed by atoms with Crippen LogP contribution in [0.1, 0.15) is 33.4 Å². The van der Waals surface area contributed by atoms with Crippen LogP contribution < -0.4 is 0 Å². The zero-order valence-corrected chi connectivity index (χ0v) is 14.7. The molecule has 0 unspecified atom stereocenters. The lowest BCUT2D eigenvalue weighted by Gasteiger charge is -2.11. The number of nitrogens with zero attached hydrogens (tertiary/aromatic N) is 1. The first-order valence-electron chi connectivity index (χ1n) is 8.04. The lowest BCUT2D eigenvalue weighted by Crippen LogP contribution is -2.20. The molecule has 0 aliphatic rings. The Kier molecular flexibility index (Phi) is 6.50. The molecule has 0 amide bonds. The summed E-state index contributed by atoms with van der Waals surface area (Å²) < 4.78 is 12.0. The first kappa shape index (κ1) is 18.9. The van der Waals surface area contributed by atoms with Gasteiger partial charge < -0.3 is 19.1 Å². The van der Waals surface area contributed by atoms with E-state index in [4.69, 9.17) is 9.47 Å². The lowest BCUT2D eigenvalue weighted by atomic mass is 10.1. The fourth-order valence-corrected chi connectivity index (χ4v) is 2.67. The summed E-state index contributed by atoms with van der Waals surface area (Å²) in [7, 11) is 1.62. The van der Waals surface area contributed by atoms with Crippen LogP contribution in [0.3, 0.4) is 0 Å². The summed E-state index contributed by atoms with van der Waals surface area (Å²) in [4.78, 5) is 24.3. The minimum absolute atomic E-state index is 0.301. The highest BCUT2D eigenvalue weighted by Gasteiger charge is 2.22. The van der Waals surface area contributed by atoms with Crippen LogP contribution in [0.5, 0.6) is 0 Å². The van der Waals surface area contributed by atoms with Crippen molar-refractivity contribution in [3.8, 4) is 0 Å². The van der Waals surface area contributed by atoms with E-state index in [1.54, 1.807) is 43.5 Å². The van der Waals surface area contributed by atoms with Gasteiger partial charge in [-0.2, -0.15) is 0 Å². The molecule has 1 N–H and O–H groups in total. The number of rotatable bonds is 8. The molecule has 0 aliphatic heterocycles. The van der Waals surface area contributed by atoms with Crippen molar-refractivity contribution in [2.75, 3.05) is 20.3 Å². The number of benzene rings is 1. The molecule has 0 spiro atoms. The fourth-order valence-electron chi connectivity index (χ4n) is 2.67. The van der Waals surface area contributed by atoms with Gasteiger partial charge in [0, 0.05) is 30.6 Å². The molecule has 1 heterocycles. The molecular formula is C19H23NO5. The first-order valence-corrected chi connectivity index (χ1v) is 8.04. The molecule has 25 heavy (non-hydrogen) atoms. The van der Waals surface area contributed by atoms with E-state index in [1.165, 1.54) is 0 Å². The second kappa shape index (κ2) is 8.60. The fraction of sp³-hybridized carbons (Fsp3) is 0.368. The number of ether oxygens (including phenoxy) is 2. The number of ketones is 1. The smallest absolute Gasteiger partial charge is 0.340 e. The predicted molar refractivity (Wildman–Crippen MR) is 92.5 cm³/mol. The van der Waals surface area contributed by atoms with Crippen LogP contribution >= 0.6 is 0 Å². The number of methoxy groups -OCH3 is 1. The van der Waals surface area contributed by atoms with Crippen molar-refractivity contribution in [1.82, 2.24) is 4.57 Å². The molecule has 6 nitrogen and oxygen atoms in total. The van der Waals surface area contributed by atoms with Crippen LogP contribution in [0.2, 0.25) is 0 Å². The van der Waals surface area contributed by atoms with Gasteiger partial charge in [0.25, 0.3) is 0 Å². The third-order valence-electron chi connectivity index (χ3n) is 4.08. The molecule has 6 heteroatoms. The molecule has 0 saturated heterocycles. The third-order valence-corrected chi connectivity index (χ3v) is 4.08. The minimum atomic E-state index is -1.40. The van der Waals surface area contributed by atoms with Crippen LogP contribution in [-0.4, -0.2) is 41.7 Å². The highest BCUT2D eigenvalue weighted by molar-refractivity contribution is 5.99. The molecule has 2 rings (SSSR count). The zero-order valence-electron chi connectivity index (χ0n) is 14.7. The van der Waals surface area contributed by atoms with Crippen molar-refractivity contribution >= 4 is 11.8 Å². The monoisotopic (exact) mass is 345 g/mol. The average molecular weight is 345 g/mol. The standard InChI is InChI=1S/C19H23NO5/c1-13-11-16(14(2)20(13)9-10-24-3)17(21)12-25-19(23)18(22)15-7-5-4-6-8-15/h4-8,11,18,22H,9-10,12H2,1-3H3/t18-/m1/s1. The normalized spacial score (nSPS) is 12.0. The summed E-state index contributed by atoms with van der Waals surface area (Å²) >= 11 is 0. The second-order valence-electron chi connectivity index (χ2n) is 5.77. The SMILES string of the molecule is COCCn1c(C)cc(C(=O)COC(=O)[C@H](O)c2ccccc2)c1C. The topological polar surface area (TPSA) is 77.8 Å². The van der Waals surface area contributed by atoms with Gasteiger partial charge in [-0.15, -0.1) is 0 Å². The van der Waals surface area contributed by atoms with E-state index in [9.17, 15) is 14.7 Å². The maximum absolute atomic E-state index is 12.4. The Morgan fingerprint density at radius 1 is 1.20 bits per heavy atom. The molecule has 0 saturated carbocycles. The molecule has 0 fully saturated rings. The van der Waals surface area contributed by atoms with Gasteiger partial charge in [0.05, 0.1) is 6.61 Å². The van der Waals surface area contributed by atoms with Crippen molar-refractivity contribution in [3.63, 3.8) is 0 Å². The highest BCUT2D eigenvalue weighted by atomic mass is 16.5. The minimum Gasteiger partial charge on any atom is -0.455 e. The Hall–Kier alpha value is -2.44. The van der Waals surface area contributed by atoms with Crippen LogP contribution in [0.4, 0.5) is 0 Å². The number of esters is 1. The van der Waals surface area contributed by atoms with Gasteiger partial charge in [0.15, 0.2) is 12.7 Å². The van der Waals surface area contributed by atoms with Crippen molar-refractivity contribution in [3.05, 3.63) is 58.9 Å². The summed E-state index contributed by atoms with van der Waals surface area (Å²) in [6.45, 7) is 4.54. The van der Waals surface area contributed by atoms with Crippen molar-refractivity contribution in [2.24, 2.45) is 0 Å². The van der Waals surface area contributed by atoms with Gasteiger partial charge in [-0.1, -0.05) is 30.3 Å². The maximum Gasteiger partial charge on any atom is 0.340 e. The predicted octanol–water partition coefficient (Wildman–Crippen LogP) is 2.21. The van der Waals surface area contributed by atoms with Crippen LogP contribution in [0.25, 0.3) is 0 Å². The van der Waals surface area contributed by atoms with Gasteiger partial charge in [-0.3, -0.25) is 4.79 Å². The van der Waals surface area contributed by atoms with E-state index in [0.717, 1.165) is 11.4 Å². The quantitative estimate of drug-likeness (QED) is 0.586. The Labute approximate surface area is 147 Å². The van der Waals surface area contributed by atoms with Gasteiger partial charge >= 0.3 is 5.97 Å². The molecule has 1 aromatic carbocycles. The van der Waals surface area contributed by atoms with E-state index in [-0.39, 0.29) is 5.78 Å². The maximum atomic E-state index is 12.4. The van der Waals surface area contributed by atoms with Gasteiger partial charge in [-0.05, 0) is 25.5 Å². The molecule has 1 atom stereocenters. The number of aromatic nitrogens is 1. The lowest BCUT2D eigenvalue weighted by molar-refractivity contribution is -0.152. The van der Waals surface area contributed by atoms with Gasteiger partial charge in [0.1, 0.15) is 0 Å². The Balaban J connectivity index is 1.99. The van der Waals surface area contributed by atoms with E-state index >= 15 is 0 Å². The molecule has 2 aromatic rings. The molecule has 1 aromatic heterocycles. The number of hydrogen-bond donors (Lipinski definition) is 1. The number of aliphatic hydroxyl groups is 1. The molecule has 0 bridgehead atoms. The molecule has 0 aliphatic carbocycles. The summed E-state index contributed by atoms with van der Waals surface area (Å²) in [5, 5.41) is 9.97. The van der Waals surface area contributed by atoms with E-state index in [2.05, 4.69) is 0 Å². The third kappa shape index (κ3) is 4.55. The van der Waals surface area contributed by atoms with Gasteiger partial charge in [-0.25, -0.2) is 4.79 Å².